The molecule has 0 atom stereocenters. The average molecular weight is 408 g/mol. The van der Waals surface area contributed by atoms with Crippen molar-refractivity contribution in [3.05, 3.63) is 72.0 Å². The lowest BCUT2D eigenvalue weighted by Gasteiger charge is -2.15. The molecule has 2 aromatic carbocycles. The topological polar surface area (TPSA) is 67.6 Å². The minimum absolute atomic E-state index is 0.0389. The van der Waals surface area contributed by atoms with E-state index in [-0.39, 0.29) is 5.91 Å². The van der Waals surface area contributed by atoms with Crippen molar-refractivity contribution in [1.29, 1.82) is 0 Å². The fourth-order valence-electron chi connectivity index (χ4n) is 3.22. The molecule has 6 nitrogen and oxygen atoms in total. The molecule has 0 unspecified atom stereocenters. The molecular weight excluding hydrogens is 378 g/mol. The number of benzene rings is 2. The Bertz CT molecular complexity index is 907. The molecule has 6 heteroatoms. The van der Waals surface area contributed by atoms with E-state index in [1.165, 1.54) is 5.56 Å². The molecular formula is C24H29N3O3. The van der Waals surface area contributed by atoms with E-state index < -0.39 is 0 Å². The van der Waals surface area contributed by atoms with Crippen LogP contribution < -0.4 is 10.1 Å². The van der Waals surface area contributed by atoms with Gasteiger partial charge in [-0.3, -0.25) is 9.69 Å². The summed E-state index contributed by atoms with van der Waals surface area (Å²) in [7, 11) is 3.61. The standard InChI is InChI=1S/C24H29N3O3/c1-27(18-24(28)25-15-14-19-10-12-21(29-2)13-11-19)16-6-9-22-17-23(26-30-22)20-7-4-3-5-8-20/h3-5,7-8,10-13,17H,6,9,14-16,18H2,1-2H3,(H,25,28). The fraction of sp³-hybridized carbons (Fsp3) is 0.333. The maximum absolute atomic E-state index is 12.1. The van der Waals surface area contributed by atoms with Crippen LogP contribution in [0.25, 0.3) is 11.3 Å². The first kappa shape index (κ1) is 21.6. The Hall–Kier alpha value is -3.12. The third kappa shape index (κ3) is 6.74. The highest BCUT2D eigenvalue weighted by Crippen LogP contribution is 2.19. The van der Waals surface area contributed by atoms with Crippen molar-refractivity contribution in [3.63, 3.8) is 0 Å². The van der Waals surface area contributed by atoms with Gasteiger partial charge in [-0.05, 0) is 44.1 Å². The molecule has 0 bridgehead atoms. The number of carbonyl (C=O) groups excluding carboxylic acids is 1. The Morgan fingerprint density at radius 3 is 2.60 bits per heavy atom. The van der Waals surface area contributed by atoms with Gasteiger partial charge in [0.05, 0.1) is 13.7 Å². The molecule has 0 saturated carbocycles. The molecule has 158 valence electrons. The number of carbonyl (C=O) groups is 1. The average Bonchev–Trinajstić information content (AvgIpc) is 3.24. The van der Waals surface area contributed by atoms with Crippen LogP contribution in [0.1, 0.15) is 17.7 Å². The van der Waals surface area contributed by atoms with Crippen molar-refractivity contribution in [3.8, 4) is 17.0 Å². The van der Waals surface area contributed by atoms with Gasteiger partial charge in [0, 0.05) is 24.6 Å². The number of aromatic nitrogens is 1. The van der Waals surface area contributed by atoms with Crippen molar-refractivity contribution < 1.29 is 14.1 Å². The third-order valence-corrected chi connectivity index (χ3v) is 4.90. The number of rotatable bonds is 11. The van der Waals surface area contributed by atoms with E-state index in [9.17, 15) is 4.79 Å². The third-order valence-electron chi connectivity index (χ3n) is 4.90. The Morgan fingerprint density at radius 1 is 1.10 bits per heavy atom. The molecule has 3 rings (SSSR count). The monoisotopic (exact) mass is 407 g/mol. The van der Waals surface area contributed by atoms with Crippen molar-refractivity contribution in [2.75, 3.05) is 33.8 Å². The van der Waals surface area contributed by atoms with E-state index in [1.807, 2.05) is 72.6 Å². The van der Waals surface area contributed by atoms with Crippen molar-refractivity contribution in [2.24, 2.45) is 0 Å². The number of likely N-dealkylation sites (N-methyl/N-ethyl adjacent to an activating group) is 1. The zero-order valence-corrected chi connectivity index (χ0v) is 17.6. The van der Waals surface area contributed by atoms with Crippen molar-refractivity contribution >= 4 is 5.91 Å². The van der Waals surface area contributed by atoms with E-state index in [2.05, 4.69) is 10.5 Å². The second-order valence-corrected chi connectivity index (χ2v) is 7.33. The van der Waals surface area contributed by atoms with E-state index in [0.717, 1.165) is 48.6 Å². The van der Waals surface area contributed by atoms with Crippen LogP contribution >= 0.6 is 0 Å². The molecule has 1 heterocycles. The van der Waals surface area contributed by atoms with Crippen LogP contribution in [0.15, 0.2) is 65.2 Å². The maximum Gasteiger partial charge on any atom is 0.234 e. The van der Waals surface area contributed by atoms with Crippen LogP contribution in [0.5, 0.6) is 5.75 Å². The largest absolute Gasteiger partial charge is 0.497 e. The van der Waals surface area contributed by atoms with E-state index in [0.29, 0.717) is 13.1 Å². The summed E-state index contributed by atoms with van der Waals surface area (Å²) in [5.74, 6) is 1.74. The van der Waals surface area contributed by atoms with Gasteiger partial charge in [-0.2, -0.15) is 0 Å². The van der Waals surface area contributed by atoms with Gasteiger partial charge in [0.2, 0.25) is 5.91 Å². The Kier molecular flexibility index (Phi) is 8.03. The van der Waals surface area contributed by atoms with Crippen LogP contribution in [0.3, 0.4) is 0 Å². The van der Waals surface area contributed by atoms with E-state index >= 15 is 0 Å². The van der Waals surface area contributed by atoms with Crippen molar-refractivity contribution in [1.82, 2.24) is 15.4 Å². The van der Waals surface area contributed by atoms with E-state index in [4.69, 9.17) is 9.26 Å². The normalized spacial score (nSPS) is 10.9. The number of amides is 1. The summed E-state index contributed by atoms with van der Waals surface area (Å²) in [4.78, 5) is 14.2. The predicted octanol–water partition coefficient (Wildman–Crippen LogP) is 3.57. The Morgan fingerprint density at radius 2 is 1.87 bits per heavy atom. The maximum atomic E-state index is 12.1. The second-order valence-electron chi connectivity index (χ2n) is 7.33. The van der Waals surface area contributed by atoms with Gasteiger partial charge in [0.25, 0.3) is 0 Å². The molecule has 3 aromatic rings. The minimum Gasteiger partial charge on any atom is -0.497 e. The Labute approximate surface area is 177 Å². The summed E-state index contributed by atoms with van der Waals surface area (Å²) in [5.41, 5.74) is 3.08. The summed E-state index contributed by atoms with van der Waals surface area (Å²) in [6.07, 6.45) is 2.50. The number of hydrogen-bond acceptors (Lipinski definition) is 5. The highest BCUT2D eigenvalue weighted by molar-refractivity contribution is 5.77. The summed E-state index contributed by atoms with van der Waals surface area (Å²) in [6, 6.07) is 19.9. The highest BCUT2D eigenvalue weighted by atomic mass is 16.5. The summed E-state index contributed by atoms with van der Waals surface area (Å²) in [5, 5.41) is 7.12. The van der Waals surface area contributed by atoms with Gasteiger partial charge in [-0.25, -0.2) is 0 Å². The van der Waals surface area contributed by atoms with Crippen LogP contribution in [0.2, 0.25) is 0 Å². The summed E-state index contributed by atoms with van der Waals surface area (Å²) < 4.78 is 10.6. The molecule has 1 aromatic heterocycles. The fourth-order valence-corrected chi connectivity index (χ4v) is 3.22. The zero-order valence-electron chi connectivity index (χ0n) is 17.6. The molecule has 30 heavy (non-hydrogen) atoms. The van der Waals surface area contributed by atoms with Gasteiger partial charge >= 0.3 is 0 Å². The SMILES string of the molecule is COc1ccc(CCNC(=O)CN(C)CCCc2cc(-c3ccccc3)no2)cc1. The number of hydrogen-bond donors (Lipinski definition) is 1. The van der Waals surface area contributed by atoms with Crippen molar-refractivity contribution in [2.45, 2.75) is 19.3 Å². The predicted molar refractivity (Wildman–Crippen MR) is 117 cm³/mol. The zero-order chi connectivity index (χ0) is 21.2. The van der Waals surface area contributed by atoms with Gasteiger partial charge in [-0.15, -0.1) is 0 Å². The molecule has 0 fully saturated rings. The highest BCUT2D eigenvalue weighted by Gasteiger charge is 2.09. The number of aryl methyl sites for hydroxylation is 1. The molecule has 0 saturated heterocycles. The Balaban J connectivity index is 1.32. The molecule has 0 aliphatic heterocycles. The molecule has 0 spiro atoms. The minimum atomic E-state index is 0.0389. The lowest BCUT2D eigenvalue weighted by Crippen LogP contribution is -2.36. The lowest BCUT2D eigenvalue weighted by atomic mass is 10.1. The number of ether oxygens (including phenoxy) is 1. The molecule has 0 radical (unpaired) electrons. The molecule has 0 aliphatic carbocycles. The van der Waals surface area contributed by atoms with Crippen LogP contribution in [-0.2, 0) is 17.6 Å². The molecule has 1 amide bonds. The van der Waals surface area contributed by atoms with Crippen LogP contribution in [0.4, 0.5) is 0 Å². The quantitative estimate of drug-likeness (QED) is 0.526. The first-order valence-electron chi connectivity index (χ1n) is 10.2. The molecule has 1 N–H and O–H groups in total. The molecule has 0 aliphatic rings. The van der Waals surface area contributed by atoms with Gasteiger partial charge < -0.3 is 14.6 Å². The lowest BCUT2D eigenvalue weighted by molar-refractivity contribution is -0.121. The second kappa shape index (κ2) is 11.2. The van der Waals surface area contributed by atoms with Gasteiger partial charge in [0.1, 0.15) is 17.2 Å². The van der Waals surface area contributed by atoms with E-state index in [1.54, 1.807) is 7.11 Å². The van der Waals surface area contributed by atoms with Crippen LogP contribution in [0, 0.1) is 0 Å². The summed E-state index contributed by atoms with van der Waals surface area (Å²) >= 11 is 0. The number of nitrogens with zero attached hydrogens (tertiary/aromatic N) is 2. The number of methoxy groups -OCH3 is 1. The smallest absolute Gasteiger partial charge is 0.234 e. The summed E-state index contributed by atoms with van der Waals surface area (Å²) in [6.45, 7) is 1.82. The van der Waals surface area contributed by atoms with Crippen LogP contribution in [-0.4, -0.2) is 49.8 Å². The van der Waals surface area contributed by atoms with Gasteiger partial charge in [-0.1, -0.05) is 47.6 Å². The number of nitrogens with one attached hydrogen (secondary N) is 1. The first-order valence-corrected chi connectivity index (χ1v) is 10.2. The van der Waals surface area contributed by atoms with Gasteiger partial charge in [0.15, 0.2) is 0 Å². The first-order chi connectivity index (χ1) is 14.6.